The molecule has 0 N–H and O–H groups in total. The minimum Gasteiger partial charge on any atom is -0.306 e. The van der Waals surface area contributed by atoms with Crippen molar-refractivity contribution in [3.05, 3.63) is 0 Å². The first kappa shape index (κ1) is 12.4. The minimum atomic E-state index is 0.701. The predicted molar refractivity (Wildman–Crippen MR) is 69.7 cm³/mol. The Morgan fingerprint density at radius 1 is 1.12 bits per heavy atom. The fourth-order valence-corrected chi connectivity index (χ4v) is 3.37. The lowest BCUT2D eigenvalue weighted by Crippen LogP contribution is -2.57. The Kier molecular flexibility index (Phi) is 3.91. The third-order valence-corrected chi connectivity index (χ3v) is 4.25. The first-order valence-electron chi connectivity index (χ1n) is 7.01. The molecule has 0 radical (unpaired) electrons. The number of rotatable bonds is 5. The van der Waals surface area contributed by atoms with Crippen LogP contribution in [-0.4, -0.2) is 49.6 Å². The van der Waals surface area contributed by atoms with Gasteiger partial charge in [0, 0.05) is 25.0 Å². The number of unbranched alkanes of at least 4 members (excludes halogenated alkanes) is 1. The summed E-state index contributed by atoms with van der Waals surface area (Å²) in [6.45, 7) is 11.4. The summed E-state index contributed by atoms with van der Waals surface area (Å²) in [6.07, 6.45) is 5.67. The van der Waals surface area contributed by atoms with Gasteiger partial charge in [0.05, 0.1) is 0 Å². The van der Waals surface area contributed by atoms with E-state index in [1.54, 1.807) is 0 Å². The van der Waals surface area contributed by atoms with Gasteiger partial charge in [-0.15, -0.1) is 0 Å². The molecule has 0 aromatic heterocycles. The molecule has 2 heterocycles. The van der Waals surface area contributed by atoms with Gasteiger partial charge in [0.2, 0.25) is 0 Å². The molecule has 0 amide bonds. The molecule has 1 spiro atoms. The third-order valence-electron chi connectivity index (χ3n) is 4.25. The molecule has 2 aliphatic rings. The van der Waals surface area contributed by atoms with Crippen LogP contribution in [-0.2, 0) is 0 Å². The van der Waals surface area contributed by atoms with Gasteiger partial charge in [-0.3, -0.25) is 0 Å². The van der Waals surface area contributed by atoms with Gasteiger partial charge in [-0.1, -0.05) is 26.7 Å². The predicted octanol–water partition coefficient (Wildman–Crippen LogP) is 2.45. The molecule has 16 heavy (non-hydrogen) atoms. The lowest BCUT2D eigenvalue weighted by molar-refractivity contribution is 0.00906. The smallest absolute Gasteiger partial charge is 0.00968 e. The molecule has 0 bridgehead atoms. The zero-order valence-corrected chi connectivity index (χ0v) is 11.3. The first-order chi connectivity index (χ1) is 7.60. The van der Waals surface area contributed by atoms with E-state index in [-0.39, 0.29) is 0 Å². The van der Waals surface area contributed by atoms with Crippen molar-refractivity contribution in [1.82, 2.24) is 9.80 Å². The van der Waals surface area contributed by atoms with Gasteiger partial charge < -0.3 is 9.80 Å². The minimum absolute atomic E-state index is 0.701. The molecule has 0 atom stereocenters. The van der Waals surface area contributed by atoms with Crippen LogP contribution in [0.25, 0.3) is 0 Å². The summed E-state index contributed by atoms with van der Waals surface area (Å²) in [7, 11) is 2.26. The lowest BCUT2D eigenvalue weighted by atomic mass is 9.79. The van der Waals surface area contributed by atoms with Gasteiger partial charge in [-0.05, 0) is 38.9 Å². The lowest BCUT2D eigenvalue weighted by Gasteiger charge is -2.48. The van der Waals surface area contributed by atoms with Crippen molar-refractivity contribution in [1.29, 1.82) is 0 Å². The Bertz CT molecular complexity index is 219. The molecule has 2 heteroatoms. The average molecular weight is 224 g/mol. The highest BCUT2D eigenvalue weighted by Crippen LogP contribution is 2.38. The fourth-order valence-electron chi connectivity index (χ4n) is 3.37. The van der Waals surface area contributed by atoms with E-state index in [1.165, 1.54) is 58.4 Å². The van der Waals surface area contributed by atoms with E-state index < -0.39 is 0 Å². The Balaban J connectivity index is 1.55. The highest BCUT2D eigenvalue weighted by atomic mass is 15.3. The molecule has 2 saturated heterocycles. The van der Waals surface area contributed by atoms with E-state index in [1.807, 2.05) is 0 Å². The number of likely N-dealkylation sites (tertiary alicyclic amines) is 2. The Morgan fingerprint density at radius 3 is 2.44 bits per heavy atom. The fraction of sp³-hybridized carbons (Fsp3) is 1.00. The van der Waals surface area contributed by atoms with Crippen LogP contribution >= 0.6 is 0 Å². The standard InChI is InChI=1S/C14H28N2/c1-13(2)6-4-5-8-16-11-14(12-16)7-9-15(3)10-14/h13H,4-12H2,1-3H3. The summed E-state index contributed by atoms with van der Waals surface area (Å²) in [5, 5.41) is 0. The average Bonchev–Trinajstić information content (AvgIpc) is 2.53. The van der Waals surface area contributed by atoms with Crippen LogP contribution in [0.3, 0.4) is 0 Å². The topological polar surface area (TPSA) is 6.48 Å². The second-order valence-corrected chi connectivity index (χ2v) is 6.59. The Morgan fingerprint density at radius 2 is 1.88 bits per heavy atom. The van der Waals surface area contributed by atoms with Crippen LogP contribution in [0.1, 0.15) is 39.5 Å². The molecule has 0 aliphatic carbocycles. The maximum absolute atomic E-state index is 2.67. The van der Waals surface area contributed by atoms with Crippen LogP contribution in [0.4, 0.5) is 0 Å². The number of hydrogen-bond acceptors (Lipinski definition) is 2. The molecule has 0 aromatic rings. The summed E-state index contributed by atoms with van der Waals surface area (Å²) in [5.74, 6) is 0.881. The number of nitrogens with zero attached hydrogens (tertiary/aromatic N) is 2. The maximum atomic E-state index is 2.67. The normalized spacial score (nSPS) is 25.5. The molecule has 2 nitrogen and oxygen atoms in total. The highest BCUT2D eigenvalue weighted by Gasteiger charge is 2.45. The van der Waals surface area contributed by atoms with Crippen LogP contribution in [0.5, 0.6) is 0 Å². The Labute approximate surface area is 101 Å². The van der Waals surface area contributed by atoms with Crippen molar-refractivity contribution in [3.63, 3.8) is 0 Å². The van der Waals surface area contributed by atoms with Crippen molar-refractivity contribution in [2.75, 3.05) is 39.8 Å². The maximum Gasteiger partial charge on any atom is 0.00968 e. The van der Waals surface area contributed by atoms with Gasteiger partial charge in [-0.25, -0.2) is 0 Å². The van der Waals surface area contributed by atoms with Crippen LogP contribution < -0.4 is 0 Å². The highest BCUT2D eigenvalue weighted by molar-refractivity contribution is 5.00. The van der Waals surface area contributed by atoms with E-state index in [0.717, 1.165) is 5.92 Å². The largest absolute Gasteiger partial charge is 0.306 e. The summed E-state index contributed by atoms with van der Waals surface area (Å²) in [6, 6.07) is 0. The monoisotopic (exact) mass is 224 g/mol. The summed E-state index contributed by atoms with van der Waals surface area (Å²) >= 11 is 0. The van der Waals surface area contributed by atoms with Crippen molar-refractivity contribution in [3.8, 4) is 0 Å². The molecule has 0 saturated carbocycles. The molecule has 2 rings (SSSR count). The van der Waals surface area contributed by atoms with Crippen LogP contribution in [0, 0.1) is 11.3 Å². The SMILES string of the molecule is CC(C)CCCCN1CC2(CCN(C)C2)C1. The van der Waals surface area contributed by atoms with E-state index in [9.17, 15) is 0 Å². The van der Waals surface area contributed by atoms with Crippen LogP contribution in [0.2, 0.25) is 0 Å². The molecule has 0 unspecified atom stereocenters. The van der Waals surface area contributed by atoms with Crippen molar-refractivity contribution in [2.24, 2.45) is 11.3 Å². The van der Waals surface area contributed by atoms with Crippen LogP contribution in [0.15, 0.2) is 0 Å². The zero-order valence-electron chi connectivity index (χ0n) is 11.3. The second kappa shape index (κ2) is 5.05. The van der Waals surface area contributed by atoms with E-state index >= 15 is 0 Å². The van der Waals surface area contributed by atoms with Crippen molar-refractivity contribution >= 4 is 0 Å². The zero-order chi connectivity index (χ0) is 11.6. The van der Waals surface area contributed by atoms with Gasteiger partial charge in [-0.2, -0.15) is 0 Å². The van der Waals surface area contributed by atoms with E-state index in [4.69, 9.17) is 0 Å². The second-order valence-electron chi connectivity index (χ2n) is 6.59. The molecule has 2 aliphatic heterocycles. The summed E-state index contributed by atoms with van der Waals surface area (Å²) in [5.41, 5.74) is 0.701. The van der Waals surface area contributed by atoms with E-state index in [0.29, 0.717) is 5.41 Å². The molecule has 2 fully saturated rings. The van der Waals surface area contributed by atoms with Gasteiger partial charge in [0.15, 0.2) is 0 Å². The molecule has 94 valence electrons. The molecular formula is C14H28N2. The number of hydrogen-bond donors (Lipinski definition) is 0. The summed E-state index contributed by atoms with van der Waals surface area (Å²) < 4.78 is 0. The quantitative estimate of drug-likeness (QED) is 0.662. The molecule has 0 aromatic carbocycles. The first-order valence-corrected chi connectivity index (χ1v) is 7.01. The van der Waals surface area contributed by atoms with Crippen molar-refractivity contribution in [2.45, 2.75) is 39.5 Å². The van der Waals surface area contributed by atoms with Crippen molar-refractivity contribution < 1.29 is 0 Å². The van der Waals surface area contributed by atoms with Gasteiger partial charge in [0.1, 0.15) is 0 Å². The van der Waals surface area contributed by atoms with Gasteiger partial charge >= 0.3 is 0 Å². The summed E-state index contributed by atoms with van der Waals surface area (Å²) in [4.78, 5) is 5.16. The third kappa shape index (κ3) is 2.98. The molecular weight excluding hydrogens is 196 g/mol. The van der Waals surface area contributed by atoms with E-state index in [2.05, 4.69) is 30.7 Å². The van der Waals surface area contributed by atoms with Gasteiger partial charge in [0.25, 0.3) is 0 Å². The Hall–Kier alpha value is -0.0800.